The van der Waals surface area contributed by atoms with E-state index in [1.807, 2.05) is 66.9 Å². The van der Waals surface area contributed by atoms with E-state index in [1.54, 1.807) is 7.11 Å². The van der Waals surface area contributed by atoms with E-state index in [0.29, 0.717) is 0 Å². The minimum Gasteiger partial charge on any atom is -0.497 e. The SMILES string of the molecule is COc1ccc(CO[C@@H]2C(CO[Si](c3ccccc3)(c3ccccc3)C(C)(C)C)O[C@@H](SC)C(N=[N+]=[N-])[C@H]2O)cc1. The molecule has 5 atom stereocenters. The summed E-state index contributed by atoms with van der Waals surface area (Å²) in [4.78, 5) is 2.98. The number of hydrogen-bond donors (Lipinski definition) is 1. The number of methoxy groups -OCH3 is 1. The molecule has 1 fully saturated rings. The molecule has 0 aliphatic carbocycles. The third-order valence-electron chi connectivity index (χ3n) is 7.54. The minimum atomic E-state index is -2.87. The van der Waals surface area contributed by atoms with Gasteiger partial charge in [-0.25, -0.2) is 0 Å². The fraction of sp³-hybridized carbons (Fsp3) is 0.419. The molecule has 0 spiro atoms. The van der Waals surface area contributed by atoms with Crippen LogP contribution < -0.4 is 15.1 Å². The lowest BCUT2D eigenvalue weighted by atomic mass is 9.98. The Labute approximate surface area is 247 Å². The number of thioether (sulfide) groups is 1. The first-order valence-corrected chi connectivity index (χ1v) is 16.8. The monoisotopic (exact) mass is 593 g/mol. The Hall–Kier alpha value is -2.82. The Morgan fingerprint density at radius 3 is 2.05 bits per heavy atom. The van der Waals surface area contributed by atoms with Gasteiger partial charge in [-0.15, -0.1) is 11.8 Å². The van der Waals surface area contributed by atoms with Gasteiger partial charge in [0.1, 0.15) is 29.4 Å². The quantitative estimate of drug-likeness (QED) is 0.140. The third kappa shape index (κ3) is 6.81. The molecule has 0 bridgehead atoms. The maximum atomic E-state index is 11.5. The molecule has 2 unspecified atom stereocenters. The van der Waals surface area contributed by atoms with Crippen molar-refractivity contribution in [1.29, 1.82) is 0 Å². The van der Waals surface area contributed by atoms with Gasteiger partial charge in [-0.2, -0.15) is 0 Å². The standard InChI is InChI=1S/C31H39N3O5SSi/c1-31(2,3)41(24-12-8-6-9-13-24,25-14-10-7-11-15-25)38-21-26-29(28(35)27(33-34-32)30(39-26)40-5)37-20-22-16-18-23(36-4)19-17-22/h6-19,26-30,35H,20-21H2,1-5H3/t26?,27?,28-,29-,30+/m1/s1. The molecule has 3 aromatic rings. The summed E-state index contributed by atoms with van der Waals surface area (Å²) in [5.41, 5.74) is 9.59. The predicted molar refractivity (Wildman–Crippen MR) is 166 cm³/mol. The molecule has 3 aromatic carbocycles. The first-order valence-electron chi connectivity index (χ1n) is 13.6. The van der Waals surface area contributed by atoms with Gasteiger partial charge in [-0.3, -0.25) is 0 Å². The highest BCUT2D eigenvalue weighted by Gasteiger charge is 2.52. The van der Waals surface area contributed by atoms with Crippen LogP contribution in [0, 0.1) is 0 Å². The summed E-state index contributed by atoms with van der Waals surface area (Å²) in [6, 6.07) is 27.5. The van der Waals surface area contributed by atoms with Crippen LogP contribution in [0.5, 0.6) is 5.75 Å². The van der Waals surface area contributed by atoms with Crippen molar-refractivity contribution in [3.05, 3.63) is 101 Å². The molecule has 1 aliphatic heterocycles. The maximum absolute atomic E-state index is 11.5. The average Bonchev–Trinajstić information content (AvgIpc) is 2.99. The fourth-order valence-corrected chi connectivity index (χ4v) is 10.8. The highest BCUT2D eigenvalue weighted by Crippen LogP contribution is 2.38. The second-order valence-corrected chi connectivity index (χ2v) is 16.3. The molecule has 41 heavy (non-hydrogen) atoms. The number of hydrogen-bond acceptors (Lipinski definition) is 7. The first-order chi connectivity index (χ1) is 19.7. The highest BCUT2D eigenvalue weighted by molar-refractivity contribution is 7.99. The zero-order valence-corrected chi connectivity index (χ0v) is 26.0. The molecule has 0 saturated carbocycles. The number of ether oxygens (including phenoxy) is 3. The normalized spacial score (nSPS) is 23.0. The molecule has 0 radical (unpaired) electrons. The topological polar surface area (TPSA) is 106 Å². The van der Waals surface area contributed by atoms with Crippen molar-refractivity contribution in [2.24, 2.45) is 5.11 Å². The van der Waals surface area contributed by atoms with Crippen molar-refractivity contribution >= 4 is 30.5 Å². The molecular weight excluding hydrogens is 555 g/mol. The Morgan fingerprint density at radius 1 is 0.976 bits per heavy atom. The molecule has 0 amide bonds. The van der Waals surface area contributed by atoms with Crippen LogP contribution in [-0.4, -0.2) is 63.2 Å². The Bertz CT molecular complexity index is 1250. The second-order valence-electron chi connectivity index (χ2n) is 11.1. The molecule has 1 N–H and O–H groups in total. The van der Waals surface area contributed by atoms with Crippen LogP contribution in [0.1, 0.15) is 26.3 Å². The lowest BCUT2D eigenvalue weighted by Gasteiger charge is -2.46. The minimum absolute atomic E-state index is 0.192. The van der Waals surface area contributed by atoms with Gasteiger partial charge in [0, 0.05) is 4.91 Å². The van der Waals surface area contributed by atoms with Crippen molar-refractivity contribution in [2.45, 2.75) is 62.2 Å². The Morgan fingerprint density at radius 2 is 1.56 bits per heavy atom. The number of azide groups is 1. The summed E-state index contributed by atoms with van der Waals surface area (Å²) in [5.74, 6) is 0.748. The van der Waals surface area contributed by atoms with Gasteiger partial charge < -0.3 is 23.7 Å². The van der Waals surface area contributed by atoms with Crippen LogP contribution in [0.15, 0.2) is 90.0 Å². The molecule has 1 saturated heterocycles. The second kappa shape index (κ2) is 13.9. The van der Waals surface area contributed by atoms with Crippen molar-refractivity contribution in [2.75, 3.05) is 20.0 Å². The van der Waals surface area contributed by atoms with Crippen LogP contribution in [0.2, 0.25) is 5.04 Å². The van der Waals surface area contributed by atoms with Crippen LogP contribution in [0.3, 0.4) is 0 Å². The van der Waals surface area contributed by atoms with Crippen LogP contribution in [-0.2, 0) is 20.5 Å². The van der Waals surface area contributed by atoms with Crippen molar-refractivity contribution in [1.82, 2.24) is 0 Å². The van der Waals surface area contributed by atoms with Crippen molar-refractivity contribution in [3.63, 3.8) is 0 Å². The van der Waals surface area contributed by atoms with Crippen LogP contribution in [0.4, 0.5) is 0 Å². The zero-order chi connectivity index (χ0) is 29.5. The summed E-state index contributed by atoms with van der Waals surface area (Å²) in [5, 5.41) is 17.4. The molecule has 4 rings (SSSR count). The molecular formula is C31H39N3O5SSi. The Kier molecular flexibility index (Phi) is 10.5. The van der Waals surface area contributed by atoms with Crippen LogP contribution in [0.25, 0.3) is 10.4 Å². The predicted octanol–water partition coefficient (Wildman–Crippen LogP) is 5.28. The highest BCUT2D eigenvalue weighted by atomic mass is 32.2. The van der Waals surface area contributed by atoms with E-state index in [0.717, 1.165) is 21.7 Å². The number of rotatable bonds is 11. The summed E-state index contributed by atoms with van der Waals surface area (Å²) >= 11 is 1.39. The maximum Gasteiger partial charge on any atom is 0.261 e. The summed E-state index contributed by atoms with van der Waals surface area (Å²) < 4.78 is 25.2. The van der Waals surface area contributed by atoms with Gasteiger partial charge in [0.05, 0.1) is 26.4 Å². The van der Waals surface area contributed by atoms with Gasteiger partial charge in [0.15, 0.2) is 0 Å². The molecule has 10 heteroatoms. The lowest BCUT2D eigenvalue weighted by Crippen LogP contribution is -2.68. The van der Waals surface area contributed by atoms with Gasteiger partial charge in [-0.05, 0) is 44.9 Å². The van der Waals surface area contributed by atoms with Crippen LogP contribution >= 0.6 is 11.8 Å². The molecule has 1 heterocycles. The van der Waals surface area contributed by atoms with Crippen molar-refractivity contribution < 1.29 is 23.7 Å². The van der Waals surface area contributed by atoms with E-state index in [1.165, 1.54) is 11.8 Å². The average molecular weight is 594 g/mol. The number of nitrogens with zero attached hydrogens (tertiary/aromatic N) is 3. The van der Waals surface area contributed by atoms with E-state index >= 15 is 0 Å². The van der Waals surface area contributed by atoms with Crippen molar-refractivity contribution in [3.8, 4) is 5.75 Å². The van der Waals surface area contributed by atoms with E-state index in [4.69, 9.17) is 18.6 Å². The zero-order valence-electron chi connectivity index (χ0n) is 24.2. The van der Waals surface area contributed by atoms with Gasteiger partial charge in [0.25, 0.3) is 8.32 Å². The smallest absolute Gasteiger partial charge is 0.261 e. The molecule has 8 nitrogen and oxygen atoms in total. The largest absolute Gasteiger partial charge is 0.497 e. The lowest BCUT2D eigenvalue weighted by molar-refractivity contribution is -0.188. The summed E-state index contributed by atoms with van der Waals surface area (Å²) in [7, 11) is -1.25. The summed E-state index contributed by atoms with van der Waals surface area (Å²) in [6.45, 7) is 7.08. The third-order valence-corrected chi connectivity index (χ3v) is 13.4. The van der Waals surface area contributed by atoms with E-state index in [9.17, 15) is 10.6 Å². The fourth-order valence-electron chi connectivity index (χ4n) is 5.51. The molecule has 1 aliphatic rings. The number of aliphatic hydroxyl groups excluding tert-OH is 1. The molecule has 0 aromatic heterocycles. The number of aliphatic hydroxyl groups is 1. The van der Waals surface area contributed by atoms with Gasteiger partial charge in [-0.1, -0.05) is 98.7 Å². The number of benzene rings is 3. The first kappa shape index (κ1) is 31.1. The van der Waals surface area contributed by atoms with E-state index < -0.39 is 38.1 Å². The van der Waals surface area contributed by atoms with Gasteiger partial charge >= 0.3 is 0 Å². The summed E-state index contributed by atoms with van der Waals surface area (Å²) in [6.07, 6.45) is -0.597. The van der Waals surface area contributed by atoms with Gasteiger partial charge in [0.2, 0.25) is 0 Å². The van der Waals surface area contributed by atoms with E-state index in [2.05, 4.69) is 55.1 Å². The van der Waals surface area contributed by atoms with E-state index in [-0.39, 0.29) is 18.3 Å². The Balaban J connectivity index is 1.69. The molecule has 218 valence electrons.